The minimum Gasteiger partial charge on any atom is -0.458 e. The van der Waals surface area contributed by atoms with Crippen LogP contribution in [-0.4, -0.2) is 46.7 Å². The summed E-state index contributed by atoms with van der Waals surface area (Å²) in [6.45, 7) is 4.50. The van der Waals surface area contributed by atoms with Gasteiger partial charge in [0.15, 0.2) is 5.76 Å². The molecule has 4 rings (SSSR count). The van der Waals surface area contributed by atoms with Gasteiger partial charge >= 0.3 is 0 Å². The molecule has 0 spiro atoms. The number of hydrogen-bond donors (Lipinski definition) is 2. The molecule has 2 aliphatic rings. The van der Waals surface area contributed by atoms with Crippen LogP contribution < -0.4 is 0 Å². The van der Waals surface area contributed by atoms with Crippen molar-refractivity contribution >= 4 is 10.0 Å². The van der Waals surface area contributed by atoms with Crippen molar-refractivity contribution in [3.63, 3.8) is 0 Å². The van der Waals surface area contributed by atoms with Gasteiger partial charge in [-0.25, -0.2) is 8.42 Å². The SMILES string of the molecule is CC[C@@]1(O)CCC[C@@H]2CN(S(=O)(=O)c3cc(-c4ccn[nH]4)oc3C)C[C@@H]21. The fourth-order valence-electron chi connectivity index (χ4n) is 4.61. The lowest BCUT2D eigenvalue weighted by Gasteiger charge is -2.40. The van der Waals surface area contributed by atoms with Crippen molar-refractivity contribution in [2.75, 3.05) is 13.1 Å². The van der Waals surface area contributed by atoms with Gasteiger partial charge in [-0.2, -0.15) is 9.40 Å². The number of fused-ring (bicyclic) bond motifs is 1. The van der Waals surface area contributed by atoms with Gasteiger partial charge in [-0.1, -0.05) is 13.3 Å². The second-order valence-electron chi connectivity index (χ2n) is 7.54. The molecule has 1 aliphatic carbocycles. The van der Waals surface area contributed by atoms with Crippen molar-refractivity contribution < 1.29 is 17.9 Å². The number of aromatic amines is 1. The number of hydrogen-bond acceptors (Lipinski definition) is 5. The topological polar surface area (TPSA) is 99.4 Å². The quantitative estimate of drug-likeness (QED) is 0.850. The van der Waals surface area contributed by atoms with Gasteiger partial charge in [0, 0.05) is 31.3 Å². The standard InChI is InChI=1S/C18H25N3O4S/c1-3-18(22)7-4-5-13-10-21(11-14(13)18)26(23,24)17-9-16(25-12(17)2)15-6-8-19-20-15/h6,8-9,13-14,22H,3-5,7,10-11H2,1-2H3,(H,19,20)/t13-,14+,18-/m1/s1. The Labute approximate surface area is 153 Å². The second-order valence-corrected chi connectivity index (χ2v) is 9.45. The van der Waals surface area contributed by atoms with Crippen LogP contribution in [0.25, 0.3) is 11.5 Å². The van der Waals surface area contributed by atoms with E-state index in [2.05, 4.69) is 10.2 Å². The summed E-state index contributed by atoms with van der Waals surface area (Å²) in [5, 5.41) is 17.6. The van der Waals surface area contributed by atoms with Gasteiger partial charge < -0.3 is 9.52 Å². The Kier molecular flexibility index (Phi) is 4.24. The first-order chi connectivity index (χ1) is 12.3. The lowest BCUT2D eigenvalue weighted by molar-refractivity contribution is -0.0605. The van der Waals surface area contributed by atoms with E-state index in [1.54, 1.807) is 25.3 Å². The maximum absolute atomic E-state index is 13.2. The molecule has 26 heavy (non-hydrogen) atoms. The van der Waals surface area contributed by atoms with Crippen LogP contribution in [0.15, 0.2) is 27.6 Å². The molecule has 0 radical (unpaired) electrons. The van der Waals surface area contributed by atoms with E-state index in [0.717, 1.165) is 19.3 Å². The first kappa shape index (κ1) is 17.8. The summed E-state index contributed by atoms with van der Waals surface area (Å²) >= 11 is 0. The van der Waals surface area contributed by atoms with Crippen molar-refractivity contribution in [3.05, 3.63) is 24.1 Å². The summed E-state index contributed by atoms with van der Waals surface area (Å²) in [5.74, 6) is 1.06. The zero-order chi connectivity index (χ0) is 18.5. The van der Waals surface area contributed by atoms with Crippen LogP contribution >= 0.6 is 0 Å². The predicted octanol–water partition coefficient (Wildman–Crippen LogP) is 2.54. The number of sulfonamides is 1. The Morgan fingerprint density at radius 2 is 2.27 bits per heavy atom. The molecule has 2 aromatic heterocycles. The van der Waals surface area contributed by atoms with E-state index in [4.69, 9.17) is 4.42 Å². The molecule has 2 fully saturated rings. The molecule has 7 nitrogen and oxygen atoms in total. The fraction of sp³-hybridized carbons (Fsp3) is 0.611. The van der Waals surface area contributed by atoms with Gasteiger partial charge in [-0.05, 0) is 38.2 Å². The molecule has 0 unspecified atom stereocenters. The minimum atomic E-state index is -3.66. The van der Waals surface area contributed by atoms with Crippen LogP contribution in [-0.2, 0) is 10.0 Å². The first-order valence-electron chi connectivity index (χ1n) is 9.18. The third kappa shape index (κ3) is 2.71. The Morgan fingerprint density at radius 3 is 2.96 bits per heavy atom. The Hall–Kier alpha value is -1.64. The highest BCUT2D eigenvalue weighted by Crippen LogP contribution is 2.45. The molecule has 1 saturated carbocycles. The molecule has 0 bridgehead atoms. The van der Waals surface area contributed by atoms with Crippen molar-refractivity contribution in [2.45, 2.75) is 50.0 Å². The number of aromatic nitrogens is 2. The summed E-state index contributed by atoms with van der Waals surface area (Å²) in [7, 11) is -3.66. The zero-order valence-electron chi connectivity index (χ0n) is 15.1. The van der Waals surface area contributed by atoms with E-state index in [-0.39, 0.29) is 16.7 Å². The lowest BCUT2D eigenvalue weighted by atomic mass is 9.69. The van der Waals surface area contributed by atoms with Crippen LogP contribution in [0, 0.1) is 18.8 Å². The monoisotopic (exact) mass is 379 g/mol. The Morgan fingerprint density at radius 1 is 1.46 bits per heavy atom. The number of H-pyrrole nitrogens is 1. The van der Waals surface area contributed by atoms with Gasteiger partial charge in [0.2, 0.25) is 10.0 Å². The van der Waals surface area contributed by atoms with E-state index in [1.165, 1.54) is 4.31 Å². The third-order valence-corrected chi connectivity index (χ3v) is 8.09. The number of nitrogens with one attached hydrogen (secondary N) is 1. The summed E-state index contributed by atoms with van der Waals surface area (Å²) in [6, 6.07) is 3.30. The highest BCUT2D eigenvalue weighted by Gasteiger charge is 2.50. The largest absolute Gasteiger partial charge is 0.458 e. The first-order valence-corrected chi connectivity index (χ1v) is 10.6. The van der Waals surface area contributed by atoms with Crippen LogP contribution in [0.2, 0.25) is 0 Å². The van der Waals surface area contributed by atoms with E-state index >= 15 is 0 Å². The Balaban J connectivity index is 1.64. The van der Waals surface area contributed by atoms with E-state index in [9.17, 15) is 13.5 Å². The van der Waals surface area contributed by atoms with E-state index in [0.29, 0.717) is 36.7 Å². The van der Waals surface area contributed by atoms with Crippen LogP contribution in [0.3, 0.4) is 0 Å². The van der Waals surface area contributed by atoms with Crippen LogP contribution in [0.4, 0.5) is 0 Å². The molecular formula is C18H25N3O4S. The molecule has 142 valence electrons. The molecular weight excluding hydrogens is 354 g/mol. The summed E-state index contributed by atoms with van der Waals surface area (Å²) in [4.78, 5) is 0.195. The average Bonchev–Trinajstić information content (AvgIpc) is 3.34. The van der Waals surface area contributed by atoms with Crippen molar-refractivity contribution in [2.24, 2.45) is 11.8 Å². The summed E-state index contributed by atoms with van der Waals surface area (Å²) < 4.78 is 33.7. The highest BCUT2D eigenvalue weighted by molar-refractivity contribution is 7.89. The highest BCUT2D eigenvalue weighted by atomic mass is 32.2. The van der Waals surface area contributed by atoms with E-state index in [1.807, 2.05) is 6.92 Å². The molecule has 8 heteroatoms. The number of rotatable bonds is 4. The van der Waals surface area contributed by atoms with Gasteiger partial charge in [0.05, 0.1) is 5.60 Å². The van der Waals surface area contributed by atoms with Crippen LogP contribution in [0.5, 0.6) is 0 Å². The van der Waals surface area contributed by atoms with Gasteiger partial charge in [-0.3, -0.25) is 5.10 Å². The van der Waals surface area contributed by atoms with Gasteiger partial charge in [0.1, 0.15) is 16.3 Å². The average molecular weight is 379 g/mol. The smallest absolute Gasteiger partial charge is 0.246 e. The number of aryl methyl sites for hydroxylation is 1. The number of nitrogens with zero attached hydrogens (tertiary/aromatic N) is 2. The Bertz CT molecular complexity index is 890. The summed E-state index contributed by atoms with van der Waals surface area (Å²) in [5.41, 5.74) is -0.107. The van der Waals surface area contributed by atoms with Crippen molar-refractivity contribution in [3.8, 4) is 11.5 Å². The maximum Gasteiger partial charge on any atom is 0.246 e. The van der Waals surface area contributed by atoms with Crippen molar-refractivity contribution in [1.29, 1.82) is 0 Å². The molecule has 2 N–H and O–H groups in total. The maximum atomic E-state index is 13.2. The number of aliphatic hydroxyl groups is 1. The van der Waals surface area contributed by atoms with Gasteiger partial charge in [0.25, 0.3) is 0 Å². The lowest BCUT2D eigenvalue weighted by Crippen LogP contribution is -2.44. The zero-order valence-corrected chi connectivity index (χ0v) is 15.9. The van der Waals surface area contributed by atoms with E-state index < -0.39 is 15.6 Å². The van der Waals surface area contributed by atoms with Crippen molar-refractivity contribution in [1.82, 2.24) is 14.5 Å². The molecule has 2 aromatic rings. The fourth-order valence-corrected chi connectivity index (χ4v) is 6.29. The molecule has 3 atom stereocenters. The van der Waals surface area contributed by atoms with Gasteiger partial charge in [-0.15, -0.1) is 0 Å². The third-order valence-electron chi connectivity index (χ3n) is 6.15. The molecule has 3 heterocycles. The summed E-state index contributed by atoms with van der Waals surface area (Å²) in [6.07, 6.45) is 4.94. The van der Waals surface area contributed by atoms with Crippen LogP contribution in [0.1, 0.15) is 38.4 Å². The predicted molar refractivity (Wildman–Crippen MR) is 95.9 cm³/mol. The molecule has 1 saturated heterocycles. The second kappa shape index (κ2) is 6.21. The number of furan rings is 1. The molecule has 0 amide bonds. The normalized spacial score (nSPS) is 29.8. The molecule has 1 aliphatic heterocycles. The molecule has 0 aromatic carbocycles. The minimum absolute atomic E-state index is 0.00955.